The Labute approximate surface area is 61.2 Å². The molecule has 2 nitrogen and oxygen atoms in total. The fraction of sp³-hybridized carbons (Fsp3) is 0.625. The summed E-state index contributed by atoms with van der Waals surface area (Å²) >= 11 is 0. The maximum atomic E-state index is 10.7. The van der Waals surface area contributed by atoms with Crippen molar-refractivity contribution in [1.82, 2.24) is 0 Å². The van der Waals surface area contributed by atoms with Gasteiger partial charge in [-0.2, -0.15) is 0 Å². The Hall–Kier alpha value is -0.810. The number of aliphatic hydroxyl groups excluding tert-OH is 1. The summed E-state index contributed by atoms with van der Waals surface area (Å²) in [6, 6.07) is 0. The Morgan fingerprint density at radius 3 is 2.80 bits per heavy atom. The van der Waals surface area contributed by atoms with E-state index in [2.05, 4.69) is 11.8 Å². The van der Waals surface area contributed by atoms with Gasteiger partial charge < -0.3 is 5.11 Å². The number of hydrogen-bond acceptors (Lipinski definition) is 2. The van der Waals surface area contributed by atoms with E-state index in [1.54, 1.807) is 6.92 Å². The third kappa shape index (κ3) is 5.33. The Morgan fingerprint density at radius 2 is 2.30 bits per heavy atom. The van der Waals surface area contributed by atoms with Crippen molar-refractivity contribution in [1.29, 1.82) is 0 Å². The van der Waals surface area contributed by atoms with E-state index in [0.29, 0.717) is 19.3 Å². The number of aliphatic hydroxyl groups is 1. The molecular weight excluding hydrogens is 128 g/mol. The first-order chi connectivity index (χ1) is 4.81. The number of carbonyl (C=O) groups is 1. The lowest BCUT2D eigenvalue weighted by Gasteiger charge is -1.91. The summed E-state index contributed by atoms with van der Waals surface area (Å²) in [7, 11) is 0. The number of rotatable bonds is 4. The van der Waals surface area contributed by atoms with Crippen molar-refractivity contribution < 1.29 is 9.90 Å². The molecule has 0 aromatic heterocycles. The second kappa shape index (κ2) is 6.31. The highest BCUT2D eigenvalue weighted by Gasteiger charge is 1.96. The highest BCUT2D eigenvalue weighted by Crippen LogP contribution is 1.92. The van der Waals surface area contributed by atoms with Gasteiger partial charge in [-0.05, 0) is 13.3 Å². The molecule has 0 spiro atoms. The van der Waals surface area contributed by atoms with Crippen LogP contribution in [-0.4, -0.2) is 17.5 Å². The standard InChI is InChI=1S/C8H12O2/c1-2-3-5-8(10)6-4-7-9/h9H,4-7H2,1H3. The lowest BCUT2D eigenvalue weighted by Crippen LogP contribution is -1.97. The van der Waals surface area contributed by atoms with Crippen molar-refractivity contribution in [2.45, 2.75) is 26.2 Å². The van der Waals surface area contributed by atoms with Gasteiger partial charge in [0.1, 0.15) is 5.78 Å². The highest BCUT2D eigenvalue weighted by atomic mass is 16.3. The summed E-state index contributed by atoms with van der Waals surface area (Å²) in [5.74, 6) is 5.43. The third-order valence-electron chi connectivity index (χ3n) is 1.08. The van der Waals surface area contributed by atoms with Crippen molar-refractivity contribution in [3.05, 3.63) is 0 Å². The molecule has 0 unspecified atom stereocenters. The predicted octanol–water partition coefficient (Wildman–Crippen LogP) is 0.741. The van der Waals surface area contributed by atoms with Gasteiger partial charge in [0, 0.05) is 13.0 Å². The van der Waals surface area contributed by atoms with Crippen LogP contribution in [0.25, 0.3) is 0 Å². The molecule has 0 saturated heterocycles. The molecule has 0 aromatic rings. The molecule has 56 valence electrons. The van der Waals surface area contributed by atoms with Crippen LogP contribution in [0.15, 0.2) is 0 Å². The van der Waals surface area contributed by atoms with Crippen LogP contribution in [0.2, 0.25) is 0 Å². The fourth-order valence-corrected chi connectivity index (χ4v) is 0.552. The molecule has 0 aromatic carbocycles. The van der Waals surface area contributed by atoms with Gasteiger partial charge >= 0.3 is 0 Å². The van der Waals surface area contributed by atoms with Crippen LogP contribution in [0, 0.1) is 11.8 Å². The van der Waals surface area contributed by atoms with Crippen LogP contribution in [0.5, 0.6) is 0 Å². The molecule has 0 radical (unpaired) electrons. The van der Waals surface area contributed by atoms with E-state index in [9.17, 15) is 4.79 Å². The van der Waals surface area contributed by atoms with E-state index >= 15 is 0 Å². The average molecular weight is 140 g/mol. The summed E-state index contributed by atoms with van der Waals surface area (Å²) in [6.45, 7) is 1.80. The van der Waals surface area contributed by atoms with E-state index in [-0.39, 0.29) is 12.4 Å². The van der Waals surface area contributed by atoms with Gasteiger partial charge in [-0.3, -0.25) is 4.79 Å². The molecule has 0 aliphatic carbocycles. The summed E-state index contributed by atoms with van der Waals surface area (Å²) in [4.78, 5) is 10.7. The van der Waals surface area contributed by atoms with E-state index < -0.39 is 0 Å². The molecule has 0 aliphatic rings. The van der Waals surface area contributed by atoms with Gasteiger partial charge in [0.15, 0.2) is 0 Å². The molecule has 0 rings (SSSR count). The number of carbonyl (C=O) groups excluding carboxylic acids is 1. The quantitative estimate of drug-likeness (QED) is 0.585. The fourth-order valence-electron chi connectivity index (χ4n) is 0.552. The molecule has 0 saturated carbocycles. The zero-order valence-corrected chi connectivity index (χ0v) is 6.18. The van der Waals surface area contributed by atoms with E-state index in [1.807, 2.05) is 0 Å². The summed E-state index contributed by atoms with van der Waals surface area (Å²) in [6.07, 6.45) is 1.34. The monoisotopic (exact) mass is 140 g/mol. The minimum atomic E-state index is 0.0886. The molecule has 0 heterocycles. The minimum absolute atomic E-state index is 0.0886. The van der Waals surface area contributed by atoms with Crippen molar-refractivity contribution >= 4 is 5.78 Å². The molecule has 1 N–H and O–H groups in total. The van der Waals surface area contributed by atoms with E-state index in [0.717, 1.165) is 0 Å². The Kier molecular flexibility index (Phi) is 5.80. The predicted molar refractivity (Wildman–Crippen MR) is 39.4 cm³/mol. The Balaban J connectivity index is 3.31. The molecule has 0 fully saturated rings. The second-order valence-corrected chi connectivity index (χ2v) is 1.97. The normalized spacial score (nSPS) is 8.20. The molecule has 0 atom stereocenters. The maximum absolute atomic E-state index is 10.7. The maximum Gasteiger partial charge on any atom is 0.144 e. The Bertz CT molecular complexity index is 150. The lowest BCUT2D eigenvalue weighted by atomic mass is 10.2. The Morgan fingerprint density at radius 1 is 1.60 bits per heavy atom. The van der Waals surface area contributed by atoms with Crippen LogP contribution in [-0.2, 0) is 4.79 Å². The van der Waals surface area contributed by atoms with Gasteiger partial charge in [0.05, 0.1) is 6.42 Å². The summed E-state index contributed by atoms with van der Waals surface area (Å²) in [5.41, 5.74) is 0. The lowest BCUT2D eigenvalue weighted by molar-refractivity contribution is -0.118. The molecule has 10 heavy (non-hydrogen) atoms. The van der Waals surface area contributed by atoms with Crippen LogP contribution in [0.1, 0.15) is 26.2 Å². The van der Waals surface area contributed by atoms with Gasteiger partial charge in [-0.25, -0.2) is 0 Å². The zero-order chi connectivity index (χ0) is 7.82. The smallest absolute Gasteiger partial charge is 0.144 e. The first kappa shape index (κ1) is 9.19. The van der Waals surface area contributed by atoms with Crippen LogP contribution in [0.3, 0.4) is 0 Å². The highest BCUT2D eigenvalue weighted by molar-refractivity contribution is 5.80. The minimum Gasteiger partial charge on any atom is -0.396 e. The topological polar surface area (TPSA) is 37.3 Å². The number of ketones is 1. The molecule has 0 amide bonds. The van der Waals surface area contributed by atoms with Gasteiger partial charge in [-0.15, -0.1) is 5.92 Å². The number of Topliss-reactive ketones (excluding diaryl/α,β-unsaturated/α-hetero) is 1. The molecule has 2 heteroatoms. The van der Waals surface area contributed by atoms with E-state index in [1.165, 1.54) is 0 Å². The van der Waals surface area contributed by atoms with Gasteiger partial charge in [0.2, 0.25) is 0 Å². The second-order valence-electron chi connectivity index (χ2n) is 1.97. The third-order valence-corrected chi connectivity index (χ3v) is 1.08. The van der Waals surface area contributed by atoms with Crippen molar-refractivity contribution in [2.75, 3.05) is 6.61 Å². The first-order valence-corrected chi connectivity index (χ1v) is 3.33. The van der Waals surface area contributed by atoms with Crippen LogP contribution < -0.4 is 0 Å². The SMILES string of the molecule is CC#CCC(=O)CCCO. The van der Waals surface area contributed by atoms with Crippen LogP contribution >= 0.6 is 0 Å². The van der Waals surface area contributed by atoms with Crippen molar-refractivity contribution in [3.63, 3.8) is 0 Å². The average Bonchev–Trinajstić information content (AvgIpc) is 1.97. The van der Waals surface area contributed by atoms with Crippen molar-refractivity contribution in [2.24, 2.45) is 0 Å². The van der Waals surface area contributed by atoms with E-state index in [4.69, 9.17) is 5.11 Å². The molecular formula is C8H12O2. The molecule has 0 bridgehead atoms. The molecule has 0 aliphatic heterocycles. The van der Waals surface area contributed by atoms with Crippen molar-refractivity contribution in [3.8, 4) is 11.8 Å². The van der Waals surface area contributed by atoms with Crippen LogP contribution in [0.4, 0.5) is 0 Å². The summed E-state index contributed by atoms with van der Waals surface area (Å²) in [5, 5.41) is 8.35. The van der Waals surface area contributed by atoms with Gasteiger partial charge in [-0.1, -0.05) is 5.92 Å². The number of hydrogen-bond donors (Lipinski definition) is 1. The largest absolute Gasteiger partial charge is 0.396 e. The summed E-state index contributed by atoms with van der Waals surface area (Å²) < 4.78 is 0. The zero-order valence-electron chi connectivity index (χ0n) is 6.18. The first-order valence-electron chi connectivity index (χ1n) is 3.33. The van der Waals surface area contributed by atoms with Gasteiger partial charge in [0.25, 0.3) is 0 Å².